The summed E-state index contributed by atoms with van der Waals surface area (Å²) in [5.74, 6) is 0.527. The standard InChI is InChI=1S/C19H23FN2O/c1-22(2)11-5-10-21-19-16-7-4-3-6-14(16)13-23-18-9-8-15(20)12-17(18)19/h3-4,6-9,12,19,21H,5,10-11,13H2,1-2H3. The number of ether oxygens (including phenoxy) is 1. The quantitative estimate of drug-likeness (QED) is 0.857. The van der Waals surface area contributed by atoms with Gasteiger partial charge in [-0.05, 0) is 62.9 Å². The summed E-state index contributed by atoms with van der Waals surface area (Å²) in [6.07, 6.45) is 1.04. The van der Waals surface area contributed by atoms with Gasteiger partial charge in [0.2, 0.25) is 0 Å². The van der Waals surface area contributed by atoms with Gasteiger partial charge in [-0.25, -0.2) is 4.39 Å². The van der Waals surface area contributed by atoms with Gasteiger partial charge < -0.3 is 15.0 Å². The summed E-state index contributed by atoms with van der Waals surface area (Å²) in [4.78, 5) is 2.17. The number of nitrogens with zero attached hydrogens (tertiary/aromatic N) is 1. The van der Waals surface area contributed by atoms with Crippen molar-refractivity contribution in [1.82, 2.24) is 10.2 Å². The minimum Gasteiger partial charge on any atom is -0.489 e. The van der Waals surface area contributed by atoms with Crippen molar-refractivity contribution >= 4 is 0 Å². The van der Waals surface area contributed by atoms with Crippen LogP contribution in [0.1, 0.15) is 29.2 Å². The van der Waals surface area contributed by atoms with Crippen molar-refractivity contribution in [3.8, 4) is 5.75 Å². The molecule has 0 amide bonds. The van der Waals surface area contributed by atoms with Crippen LogP contribution < -0.4 is 10.1 Å². The Kier molecular flexibility index (Phi) is 4.94. The SMILES string of the molecule is CN(C)CCCNC1c2ccccc2COc2ccc(F)cc21. The highest BCUT2D eigenvalue weighted by Crippen LogP contribution is 2.36. The highest BCUT2D eigenvalue weighted by atomic mass is 19.1. The van der Waals surface area contributed by atoms with Gasteiger partial charge in [-0.15, -0.1) is 0 Å². The van der Waals surface area contributed by atoms with E-state index in [9.17, 15) is 4.39 Å². The van der Waals surface area contributed by atoms with E-state index in [1.807, 2.05) is 12.1 Å². The Hall–Kier alpha value is -1.91. The summed E-state index contributed by atoms with van der Waals surface area (Å²) >= 11 is 0. The van der Waals surface area contributed by atoms with E-state index in [-0.39, 0.29) is 11.9 Å². The van der Waals surface area contributed by atoms with Crippen LogP contribution in [0.3, 0.4) is 0 Å². The molecule has 4 heteroatoms. The van der Waals surface area contributed by atoms with Crippen LogP contribution in [0, 0.1) is 5.82 Å². The zero-order valence-corrected chi connectivity index (χ0v) is 13.7. The van der Waals surface area contributed by atoms with E-state index in [1.54, 1.807) is 12.1 Å². The highest BCUT2D eigenvalue weighted by molar-refractivity contribution is 5.46. The van der Waals surface area contributed by atoms with Gasteiger partial charge in [0.1, 0.15) is 18.2 Å². The molecule has 1 N–H and O–H groups in total. The molecule has 2 aromatic rings. The van der Waals surface area contributed by atoms with E-state index in [4.69, 9.17) is 4.74 Å². The van der Waals surface area contributed by atoms with Crippen LogP contribution in [0.15, 0.2) is 42.5 Å². The molecule has 0 spiro atoms. The fourth-order valence-electron chi connectivity index (χ4n) is 3.01. The largest absolute Gasteiger partial charge is 0.489 e. The molecule has 0 fully saturated rings. The number of nitrogens with one attached hydrogen (secondary N) is 1. The first-order valence-corrected chi connectivity index (χ1v) is 8.03. The van der Waals surface area contributed by atoms with Gasteiger partial charge in [-0.1, -0.05) is 24.3 Å². The van der Waals surface area contributed by atoms with E-state index in [1.165, 1.54) is 11.6 Å². The van der Waals surface area contributed by atoms with Crippen molar-refractivity contribution in [3.05, 3.63) is 65.0 Å². The molecule has 0 aliphatic carbocycles. The van der Waals surface area contributed by atoms with Crippen LogP contribution in [0.25, 0.3) is 0 Å². The molecule has 122 valence electrons. The van der Waals surface area contributed by atoms with Crippen LogP contribution in [-0.2, 0) is 6.61 Å². The monoisotopic (exact) mass is 314 g/mol. The lowest BCUT2D eigenvalue weighted by Crippen LogP contribution is -2.26. The maximum Gasteiger partial charge on any atom is 0.125 e. The minimum atomic E-state index is -0.230. The Morgan fingerprint density at radius 1 is 1.17 bits per heavy atom. The molecular formula is C19H23FN2O. The molecule has 0 saturated carbocycles. The second kappa shape index (κ2) is 7.11. The number of benzene rings is 2. The van der Waals surface area contributed by atoms with E-state index >= 15 is 0 Å². The summed E-state index contributed by atoms with van der Waals surface area (Å²) in [6.45, 7) is 2.41. The maximum atomic E-state index is 13.8. The molecule has 1 aliphatic heterocycles. The number of fused-ring (bicyclic) bond motifs is 2. The molecular weight excluding hydrogens is 291 g/mol. The third-order valence-corrected chi connectivity index (χ3v) is 4.16. The van der Waals surface area contributed by atoms with Gasteiger partial charge in [0.15, 0.2) is 0 Å². The van der Waals surface area contributed by atoms with E-state index in [2.05, 4.69) is 36.4 Å². The summed E-state index contributed by atoms with van der Waals surface area (Å²) < 4.78 is 19.7. The summed E-state index contributed by atoms with van der Waals surface area (Å²) in [6, 6.07) is 12.9. The summed E-state index contributed by atoms with van der Waals surface area (Å²) in [5, 5.41) is 3.58. The van der Waals surface area contributed by atoms with Crippen molar-refractivity contribution < 1.29 is 9.13 Å². The van der Waals surface area contributed by atoms with Crippen LogP contribution in [0.4, 0.5) is 4.39 Å². The molecule has 23 heavy (non-hydrogen) atoms. The fourth-order valence-corrected chi connectivity index (χ4v) is 3.01. The average molecular weight is 314 g/mol. The molecule has 0 aromatic heterocycles. The Balaban J connectivity index is 1.90. The lowest BCUT2D eigenvalue weighted by molar-refractivity contribution is 0.306. The third kappa shape index (κ3) is 3.71. The van der Waals surface area contributed by atoms with E-state index in [0.717, 1.165) is 36.4 Å². The molecule has 0 bridgehead atoms. The van der Waals surface area contributed by atoms with Gasteiger partial charge >= 0.3 is 0 Å². The molecule has 0 radical (unpaired) electrons. The zero-order chi connectivity index (χ0) is 16.2. The number of rotatable bonds is 5. The lowest BCUT2D eigenvalue weighted by atomic mass is 9.95. The Morgan fingerprint density at radius 2 is 2.00 bits per heavy atom. The van der Waals surface area contributed by atoms with E-state index in [0.29, 0.717) is 6.61 Å². The molecule has 1 heterocycles. The minimum absolute atomic E-state index is 0.0402. The van der Waals surface area contributed by atoms with Crippen molar-refractivity contribution in [2.45, 2.75) is 19.1 Å². The van der Waals surface area contributed by atoms with Gasteiger partial charge in [0.05, 0.1) is 6.04 Å². The van der Waals surface area contributed by atoms with Crippen LogP contribution >= 0.6 is 0 Å². The van der Waals surface area contributed by atoms with Crippen LogP contribution in [0.2, 0.25) is 0 Å². The highest BCUT2D eigenvalue weighted by Gasteiger charge is 2.24. The van der Waals surface area contributed by atoms with Crippen LogP contribution in [-0.4, -0.2) is 32.1 Å². The smallest absolute Gasteiger partial charge is 0.125 e. The zero-order valence-electron chi connectivity index (χ0n) is 13.7. The molecule has 0 saturated heterocycles. The predicted molar refractivity (Wildman–Crippen MR) is 90.2 cm³/mol. The lowest BCUT2D eigenvalue weighted by Gasteiger charge is -2.21. The first-order valence-electron chi connectivity index (χ1n) is 8.03. The first-order chi connectivity index (χ1) is 11.1. The maximum absolute atomic E-state index is 13.8. The average Bonchev–Trinajstić information content (AvgIpc) is 2.68. The first kappa shape index (κ1) is 16.0. The van der Waals surface area contributed by atoms with Gasteiger partial charge in [-0.3, -0.25) is 0 Å². The molecule has 1 aliphatic rings. The third-order valence-electron chi connectivity index (χ3n) is 4.16. The van der Waals surface area contributed by atoms with Gasteiger partial charge in [0, 0.05) is 5.56 Å². The number of halogens is 1. The predicted octanol–water partition coefficient (Wildman–Crippen LogP) is 3.35. The van der Waals surface area contributed by atoms with Gasteiger partial charge in [0.25, 0.3) is 0 Å². The van der Waals surface area contributed by atoms with Gasteiger partial charge in [-0.2, -0.15) is 0 Å². The summed E-state index contributed by atoms with van der Waals surface area (Å²) in [5.41, 5.74) is 3.19. The second-order valence-corrected chi connectivity index (χ2v) is 6.21. The molecule has 1 unspecified atom stereocenters. The number of hydrogen-bond donors (Lipinski definition) is 1. The molecule has 2 aromatic carbocycles. The molecule has 1 atom stereocenters. The topological polar surface area (TPSA) is 24.5 Å². The normalized spacial score (nSPS) is 16.4. The number of hydrogen-bond acceptors (Lipinski definition) is 3. The van der Waals surface area contributed by atoms with Crippen molar-refractivity contribution in [2.24, 2.45) is 0 Å². The van der Waals surface area contributed by atoms with E-state index < -0.39 is 0 Å². The van der Waals surface area contributed by atoms with Crippen LogP contribution in [0.5, 0.6) is 5.75 Å². The second-order valence-electron chi connectivity index (χ2n) is 6.21. The molecule has 3 rings (SSSR count). The Bertz CT molecular complexity index is 672. The molecule has 3 nitrogen and oxygen atoms in total. The van der Waals surface area contributed by atoms with Crippen molar-refractivity contribution in [3.63, 3.8) is 0 Å². The van der Waals surface area contributed by atoms with Crippen molar-refractivity contribution in [1.29, 1.82) is 0 Å². The van der Waals surface area contributed by atoms with Crippen molar-refractivity contribution in [2.75, 3.05) is 27.2 Å². The Morgan fingerprint density at radius 3 is 2.83 bits per heavy atom. The Labute approximate surface area is 137 Å². The summed E-state index contributed by atoms with van der Waals surface area (Å²) in [7, 11) is 4.14. The fraction of sp³-hybridized carbons (Fsp3) is 0.368.